The van der Waals surface area contributed by atoms with E-state index in [-0.39, 0.29) is 5.56 Å². The molecule has 0 saturated carbocycles. The van der Waals surface area contributed by atoms with Crippen LogP contribution in [-0.4, -0.2) is 18.5 Å². The summed E-state index contributed by atoms with van der Waals surface area (Å²) in [5, 5.41) is 2.23. The van der Waals surface area contributed by atoms with E-state index in [1.165, 1.54) is 48.1 Å². The van der Waals surface area contributed by atoms with E-state index in [1.54, 1.807) is 5.41 Å². The maximum atomic E-state index is 12.7. The smallest absolute Gasteiger partial charge is 0.393 e. The van der Waals surface area contributed by atoms with Crippen LogP contribution in [0.1, 0.15) is 44.1 Å². The Labute approximate surface area is 177 Å². The quantitative estimate of drug-likeness (QED) is 0.142. The van der Waals surface area contributed by atoms with E-state index >= 15 is 0 Å². The Hall–Kier alpha value is -1.38. The second-order valence-corrected chi connectivity index (χ2v) is 8.51. The van der Waals surface area contributed by atoms with Crippen LogP contribution in [-0.2, 0) is 10.6 Å². The molecule has 0 atom stereocenters. The van der Waals surface area contributed by atoms with Crippen LogP contribution in [0.3, 0.4) is 0 Å². The molecule has 0 saturated heterocycles. The Morgan fingerprint density at radius 2 is 1.79 bits per heavy atom. The zero-order chi connectivity index (χ0) is 21.1. The Morgan fingerprint density at radius 3 is 2.52 bits per heavy atom. The number of alkyl halides is 3. The number of hydrogen-bond acceptors (Lipinski definition) is 5. The third-order valence-electron chi connectivity index (χ3n) is 4.19. The maximum Gasteiger partial charge on any atom is 0.393 e. The van der Waals surface area contributed by atoms with Crippen LogP contribution in [0.5, 0.6) is 0 Å². The molecule has 2 rings (SSSR count). The molecule has 0 fully saturated rings. The molecule has 0 aliphatic carbocycles. The molecule has 0 radical (unpaired) electrons. The highest BCUT2D eigenvalue weighted by Crippen LogP contribution is 2.30. The average molecular weight is 447 g/mol. The van der Waals surface area contributed by atoms with Crippen molar-refractivity contribution in [2.24, 2.45) is 0 Å². The van der Waals surface area contributed by atoms with Crippen LogP contribution < -0.4 is 5.63 Å². The lowest BCUT2D eigenvalue weighted by Crippen LogP contribution is -2.11. The van der Waals surface area contributed by atoms with Crippen molar-refractivity contribution >= 4 is 34.8 Å². The van der Waals surface area contributed by atoms with Gasteiger partial charge in [0.1, 0.15) is 5.58 Å². The molecule has 3 nitrogen and oxygen atoms in total. The Morgan fingerprint density at radius 1 is 1.07 bits per heavy atom. The SMILES string of the molecule is C=CSOCCCCCCCCSc1cc(=O)oc2ccc(CC(F)(F)F)cc12. The highest BCUT2D eigenvalue weighted by atomic mass is 32.2. The maximum absolute atomic E-state index is 12.7. The molecule has 0 spiro atoms. The van der Waals surface area contributed by atoms with Crippen LogP contribution in [0.4, 0.5) is 13.2 Å². The lowest BCUT2D eigenvalue weighted by Gasteiger charge is -2.09. The average Bonchev–Trinajstić information content (AvgIpc) is 2.65. The number of rotatable bonds is 13. The number of benzene rings is 1. The Balaban J connectivity index is 1.80. The summed E-state index contributed by atoms with van der Waals surface area (Å²) in [6, 6.07) is 5.64. The minimum atomic E-state index is -4.27. The largest absolute Gasteiger partial charge is 0.423 e. The number of hydrogen-bond donors (Lipinski definition) is 0. The van der Waals surface area contributed by atoms with Gasteiger partial charge in [0.15, 0.2) is 0 Å². The van der Waals surface area contributed by atoms with Gasteiger partial charge in [0.2, 0.25) is 0 Å². The van der Waals surface area contributed by atoms with Crippen LogP contribution in [0.2, 0.25) is 0 Å². The van der Waals surface area contributed by atoms with E-state index < -0.39 is 18.2 Å². The monoisotopic (exact) mass is 446 g/mol. The van der Waals surface area contributed by atoms with Gasteiger partial charge >= 0.3 is 11.8 Å². The lowest BCUT2D eigenvalue weighted by atomic mass is 10.1. The number of halogens is 3. The summed E-state index contributed by atoms with van der Waals surface area (Å²) in [6.07, 6.45) is 1.22. The minimum Gasteiger partial charge on any atom is -0.423 e. The van der Waals surface area contributed by atoms with Crippen molar-refractivity contribution in [3.63, 3.8) is 0 Å². The van der Waals surface area contributed by atoms with Crippen molar-refractivity contribution in [1.82, 2.24) is 0 Å². The van der Waals surface area contributed by atoms with Gasteiger partial charge in [-0.2, -0.15) is 13.2 Å². The molecule has 8 heteroatoms. The van der Waals surface area contributed by atoms with Gasteiger partial charge < -0.3 is 8.60 Å². The first-order valence-corrected chi connectivity index (χ1v) is 11.3. The van der Waals surface area contributed by atoms with E-state index in [0.29, 0.717) is 15.9 Å². The van der Waals surface area contributed by atoms with Gasteiger partial charge in [-0.25, -0.2) is 4.79 Å². The molecule has 1 heterocycles. The van der Waals surface area contributed by atoms with E-state index in [4.69, 9.17) is 8.60 Å². The fraction of sp³-hybridized carbons (Fsp3) is 0.476. The molecular weight excluding hydrogens is 421 g/mol. The van der Waals surface area contributed by atoms with Gasteiger partial charge in [-0.15, -0.1) is 11.8 Å². The van der Waals surface area contributed by atoms with Crippen molar-refractivity contribution in [2.75, 3.05) is 12.4 Å². The fourth-order valence-corrected chi connectivity index (χ4v) is 4.26. The van der Waals surface area contributed by atoms with E-state index in [2.05, 4.69) is 6.58 Å². The van der Waals surface area contributed by atoms with Gasteiger partial charge in [-0.3, -0.25) is 0 Å². The van der Waals surface area contributed by atoms with Gasteiger partial charge in [0.25, 0.3) is 0 Å². The highest BCUT2D eigenvalue weighted by Gasteiger charge is 2.27. The third-order valence-corrected chi connectivity index (χ3v) is 5.77. The summed E-state index contributed by atoms with van der Waals surface area (Å²) in [5.74, 6) is 0.807. The highest BCUT2D eigenvalue weighted by molar-refractivity contribution is 7.99. The number of fused-ring (bicyclic) bond motifs is 1. The summed E-state index contributed by atoms with van der Waals surface area (Å²) < 4.78 is 48.4. The van der Waals surface area contributed by atoms with Crippen LogP contribution in [0, 0.1) is 0 Å². The predicted octanol–water partition coefficient (Wildman–Crippen LogP) is 7.14. The zero-order valence-electron chi connectivity index (χ0n) is 16.1. The first-order chi connectivity index (χ1) is 13.9. The molecule has 160 valence electrons. The van der Waals surface area contributed by atoms with E-state index in [0.717, 1.165) is 50.9 Å². The molecule has 1 aromatic carbocycles. The number of thioether (sulfide) groups is 1. The Bertz CT molecular complexity index is 834. The van der Waals surface area contributed by atoms with E-state index in [1.807, 2.05) is 0 Å². The molecular formula is C21H25F3O3S2. The molecule has 2 aromatic rings. The predicted molar refractivity (Wildman–Crippen MR) is 114 cm³/mol. The van der Waals surface area contributed by atoms with Crippen molar-refractivity contribution in [2.45, 2.75) is 56.0 Å². The van der Waals surface area contributed by atoms with Crippen molar-refractivity contribution < 1.29 is 21.8 Å². The molecule has 0 aliphatic rings. The molecule has 0 bridgehead atoms. The van der Waals surface area contributed by atoms with Gasteiger partial charge in [0, 0.05) is 28.4 Å². The topological polar surface area (TPSA) is 39.4 Å². The van der Waals surface area contributed by atoms with Crippen LogP contribution >= 0.6 is 23.8 Å². The zero-order valence-corrected chi connectivity index (χ0v) is 17.8. The second kappa shape index (κ2) is 12.3. The number of unbranched alkanes of at least 4 members (excludes halogenated alkanes) is 5. The summed E-state index contributed by atoms with van der Waals surface area (Å²) in [4.78, 5) is 12.4. The van der Waals surface area contributed by atoms with Gasteiger partial charge in [-0.05, 0) is 41.7 Å². The van der Waals surface area contributed by atoms with Crippen molar-refractivity contribution in [1.29, 1.82) is 0 Å². The molecule has 0 amide bonds. The van der Waals surface area contributed by atoms with Crippen LogP contribution in [0.25, 0.3) is 11.0 Å². The summed E-state index contributed by atoms with van der Waals surface area (Å²) in [5.41, 5.74) is -0.000613. The second-order valence-electron chi connectivity index (χ2n) is 6.61. The van der Waals surface area contributed by atoms with Crippen molar-refractivity contribution in [3.8, 4) is 0 Å². The first kappa shape index (κ1) is 23.9. The molecule has 0 N–H and O–H groups in total. The summed E-state index contributed by atoms with van der Waals surface area (Å²) >= 11 is 2.76. The molecule has 0 aliphatic heterocycles. The Kier molecular flexibility index (Phi) is 10.2. The standard InChI is InChI=1S/C21H25F3O3S2/c1-2-29-26-11-7-5-3-4-6-8-12-28-19-14-20(25)27-18-10-9-16(13-17(18)19)15-21(22,23)24/h2,9-10,13-14H,1,3-8,11-12,15H2. The molecule has 0 unspecified atom stereocenters. The summed E-state index contributed by atoms with van der Waals surface area (Å²) in [7, 11) is 0. The minimum absolute atomic E-state index is 0.163. The third kappa shape index (κ3) is 9.31. The molecule has 29 heavy (non-hydrogen) atoms. The van der Waals surface area contributed by atoms with E-state index in [9.17, 15) is 18.0 Å². The van der Waals surface area contributed by atoms with Crippen molar-refractivity contribution in [3.05, 3.63) is 52.2 Å². The van der Waals surface area contributed by atoms with Gasteiger partial charge in [0.05, 0.1) is 13.0 Å². The fourth-order valence-electron chi connectivity index (χ4n) is 2.89. The van der Waals surface area contributed by atoms with Gasteiger partial charge in [-0.1, -0.05) is 38.3 Å². The first-order valence-electron chi connectivity index (χ1n) is 9.54. The van der Waals surface area contributed by atoms with Crippen LogP contribution in [0.15, 0.2) is 50.4 Å². The normalized spacial score (nSPS) is 11.8. The molecule has 1 aromatic heterocycles. The summed E-state index contributed by atoms with van der Waals surface area (Å²) in [6.45, 7) is 4.30. The lowest BCUT2D eigenvalue weighted by molar-refractivity contribution is -0.127.